The Hall–Kier alpha value is -4.98. The minimum Gasteiger partial charge on any atom is -0.492 e. The molecule has 1 atom stereocenters. The lowest BCUT2D eigenvalue weighted by atomic mass is 10.00. The first kappa shape index (κ1) is 28.5. The van der Waals surface area contributed by atoms with Crippen molar-refractivity contribution in [1.82, 2.24) is 0 Å². The quantitative estimate of drug-likeness (QED) is 0.193. The fourth-order valence-corrected chi connectivity index (χ4v) is 4.71. The van der Waals surface area contributed by atoms with Crippen LogP contribution in [0.25, 0.3) is 0 Å². The van der Waals surface area contributed by atoms with Gasteiger partial charge in [-0.3, -0.25) is 9.59 Å². The molecule has 4 aromatic rings. The highest BCUT2D eigenvalue weighted by molar-refractivity contribution is 6.12. The molecule has 1 aliphatic rings. The molecule has 7 nitrogen and oxygen atoms in total. The van der Waals surface area contributed by atoms with Gasteiger partial charge >= 0.3 is 5.97 Å². The van der Waals surface area contributed by atoms with E-state index in [0.29, 0.717) is 28.3 Å². The normalized spacial score (nSPS) is 13.2. The molecule has 0 saturated heterocycles. The third kappa shape index (κ3) is 7.20. The van der Waals surface area contributed by atoms with E-state index in [1.165, 1.54) is 12.1 Å². The average Bonchev–Trinajstić information content (AvgIpc) is 3.86. The molecule has 4 aromatic carbocycles. The lowest BCUT2D eigenvalue weighted by molar-refractivity contribution is -0.137. The second kappa shape index (κ2) is 13.1. The van der Waals surface area contributed by atoms with Crippen molar-refractivity contribution in [2.75, 3.05) is 23.4 Å². The van der Waals surface area contributed by atoms with Crippen LogP contribution in [0, 0.1) is 11.7 Å². The molecular weight excluding hydrogens is 535 g/mol. The monoisotopic (exact) mass is 566 g/mol. The summed E-state index contributed by atoms with van der Waals surface area (Å²) < 4.78 is 19.7. The van der Waals surface area contributed by atoms with Gasteiger partial charge in [-0.15, -0.1) is 0 Å². The molecule has 42 heavy (non-hydrogen) atoms. The third-order valence-electron chi connectivity index (χ3n) is 7.09. The summed E-state index contributed by atoms with van der Waals surface area (Å²) >= 11 is 0. The maximum atomic E-state index is 13.8. The number of nitrogens with zero attached hydrogens (tertiary/aromatic N) is 1. The number of para-hydroxylation sites is 1. The molecule has 8 heteroatoms. The van der Waals surface area contributed by atoms with E-state index in [0.717, 1.165) is 18.4 Å². The SMILES string of the molecule is O=C(c1ccccc1)c1ccccc1NC(Cc1ccc(OCCN(C(=O)C2CC2)c2cccc(F)c2)cc1)C(=O)O. The largest absolute Gasteiger partial charge is 0.492 e. The van der Waals surface area contributed by atoms with Gasteiger partial charge in [-0.1, -0.05) is 60.7 Å². The molecule has 2 N–H and O–H groups in total. The third-order valence-corrected chi connectivity index (χ3v) is 7.09. The number of ether oxygens (including phenoxy) is 1. The molecule has 1 amide bonds. The molecule has 1 unspecified atom stereocenters. The first-order chi connectivity index (χ1) is 20.4. The van der Waals surface area contributed by atoms with Crippen LogP contribution in [0.1, 0.15) is 34.3 Å². The topological polar surface area (TPSA) is 95.9 Å². The molecule has 0 bridgehead atoms. The molecule has 0 radical (unpaired) electrons. The van der Waals surface area contributed by atoms with E-state index in [-0.39, 0.29) is 37.2 Å². The van der Waals surface area contributed by atoms with Crippen molar-refractivity contribution < 1.29 is 28.6 Å². The average molecular weight is 567 g/mol. The lowest BCUT2D eigenvalue weighted by Crippen LogP contribution is -2.35. The molecule has 214 valence electrons. The summed E-state index contributed by atoms with van der Waals surface area (Å²) in [5.41, 5.74) is 2.63. The molecule has 1 saturated carbocycles. The van der Waals surface area contributed by atoms with Crippen LogP contribution in [-0.4, -0.2) is 42.0 Å². The van der Waals surface area contributed by atoms with Crippen LogP contribution in [0.2, 0.25) is 0 Å². The fraction of sp³-hybridized carbons (Fsp3) is 0.206. The Bertz CT molecular complexity index is 1550. The summed E-state index contributed by atoms with van der Waals surface area (Å²) in [6.07, 6.45) is 1.86. The Labute approximate surface area is 243 Å². The van der Waals surface area contributed by atoms with Crippen LogP contribution in [0.5, 0.6) is 5.75 Å². The fourth-order valence-electron chi connectivity index (χ4n) is 4.71. The number of aliphatic carboxylic acids is 1. The Balaban J connectivity index is 1.21. The van der Waals surface area contributed by atoms with Crippen molar-refractivity contribution in [2.24, 2.45) is 5.92 Å². The van der Waals surface area contributed by atoms with Crippen molar-refractivity contribution >= 4 is 29.0 Å². The van der Waals surface area contributed by atoms with Crippen LogP contribution in [0.15, 0.2) is 103 Å². The Kier molecular flexibility index (Phi) is 8.92. The number of carbonyl (C=O) groups is 3. The van der Waals surface area contributed by atoms with Gasteiger partial charge in [-0.2, -0.15) is 0 Å². The van der Waals surface area contributed by atoms with Gasteiger partial charge in [-0.25, -0.2) is 9.18 Å². The Morgan fingerprint density at radius 2 is 1.62 bits per heavy atom. The number of amides is 1. The van der Waals surface area contributed by atoms with Gasteiger partial charge in [0.2, 0.25) is 5.91 Å². The first-order valence-electron chi connectivity index (χ1n) is 13.9. The van der Waals surface area contributed by atoms with Gasteiger partial charge in [-0.05, 0) is 60.9 Å². The van der Waals surface area contributed by atoms with E-state index in [1.54, 1.807) is 89.8 Å². The highest BCUT2D eigenvalue weighted by Gasteiger charge is 2.34. The summed E-state index contributed by atoms with van der Waals surface area (Å²) in [5.74, 6) is -1.13. The number of ketones is 1. The molecule has 5 rings (SSSR count). The molecule has 0 aromatic heterocycles. The lowest BCUT2D eigenvalue weighted by Gasteiger charge is -2.23. The number of benzene rings is 4. The zero-order chi connectivity index (χ0) is 29.5. The number of hydrogen-bond donors (Lipinski definition) is 2. The van der Waals surface area contributed by atoms with Gasteiger partial charge in [0, 0.05) is 34.8 Å². The van der Waals surface area contributed by atoms with Crippen LogP contribution >= 0.6 is 0 Å². The van der Waals surface area contributed by atoms with Gasteiger partial charge in [0.1, 0.15) is 24.2 Å². The van der Waals surface area contributed by atoms with Crippen molar-refractivity contribution in [3.05, 3.63) is 126 Å². The number of carboxylic acids is 1. The molecule has 1 fully saturated rings. The number of halogens is 1. The number of rotatable bonds is 13. The summed E-state index contributed by atoms with van der Waals surface area (Å²) in [7, 11) is 0. The van der Waals surface area contributed by atoms with Gasteiger partial charge in [0.05, 0.1) is 6.54 Å². The Morgan fingerprint density at radius 1 is 0.905 bits per heavy atom. The van der Waals surface area contributed by atoms with Crippen molar-refractivity contribution in [1.29, 1.82) is 0 Å². The van der Waals surface area contributed by atoms with E-state index in [2.05, 4.69) is 5.32 Å². The number of carbonyl (C=O) groups excluding carboxylic acids is 2. The van der Waals surface area contributed by atoms with Crippen molar-refractivity contribution in [3.8, 4) is 5.75 Å². The summed E-state index contributed by atoms with van der Waals surface area (Å²) in [4.78, 5) is 39.6. The Morgan fingerprint density at radius 3 is 2.31 bits per heavy atom. The zero-order valence-electron chi connectivity index (χ0n) is 22.9. The first-order valence-corrected chi connectivity index (χ1v) is 13.9. The molecule has 0 heterocycles. The maximum Gasteiger partial charge on any atom is 0.326 e. The summed E-state index contributed by atoms with van der Waals surface area (Å²) in [6.45, 7) is 0.479. The van der Waals surface area contributed by atoms with Crippen molar-refractivity contribution in [3.63, 3.8) is 0 Å². The van der Waals surface area contributed by atoms with E-state index in [9.17, 15) is 23.9 Å². The second-order valence-corrected chi connectivity index (χ2v) is 10.2. The summed E-state index contributed by atoms with van der Waals surface area (Å²) in [6, 6.07) is 27.8. The minimum atomic E-state index is -1.05. The highest BCUT2D eigenvalue weighted by atomic mass is 19.1. The predicted molar refractivity (Wildman–Crippen MR) is 158 cm³/mol. The number of hydrogen-bond acceptors (Lipinski definition) is 5. The van der Waals surface area contributed by atoms with E-state index >= 15 is 0 Å². The van der Waals surface area contributed by atoms with E-state index in [4.69, 9.17) is 4.74 Å². The van der Waals surface area contributed by atoms with Crippen LogP contribution in [0.4, 0.5) is 15.8 Å². The van der Waals surface area contributed by atoms with Crippen LogP contribution in [0.3, 0.4) is 0 Å². The van der Waals surface area contributed by atoms with E-state index in [1.807, 2.05) is 6.07 Å². The molecule has 0 spiro atoms. The number of carboxylic acid groups (broad SMARTS) is 1. The standard InChI is InChI=1S/C34H31FN2O5/c35-26-9-6-10-27(22-26)37(33(39)25-15-16-25)19-20-42-28-17-13-23(14-18-28)21-31(34(40)41)36-30-12-5-4-11-29(30)32(38)24-7-2-1-3-8-24/h1-14,17-18,22,25,31,36H,15-16,19-21H2,(H,40,41). The van der Waals surface area contributed by atoms with Gasteiger partial charge in [0.25, 0.3) is 0 Å². The predicted octanol–water partition coefficient (Wildman–Crippen LogP) is 5.99. The number of anilines is 2. The molecule has 1 aliphatic carbocycles. The van der Waals surface area contributed by atoms with Crippen LogP contribution in [-0.2, 0) is 16.0 Å². The molecular formula is C34H31FN2O5. The second-order valence-electron chi connectivity index (χ2n) is 10.2. The smallest absolute Gasteiger partial charge is 0.326 e. The molecule has 0 aliphatic heterocycles. The van der Waals surface area contributed by atoms with Gasteiger partial charge < -0.3 is 20.1 Å². The summed E-state index contributed by atoms with van der Waals surface area (Å²) in [5, 5.41) is 13.0. The minimum absolute atomic E-state index is 0.0215. The van der Waals surface area contributed by atoms with Gasteiger partial charge in [0.15, 0.2) is 5.78 Å². The van der Waals surface area contributed by atoms with E-state index < -0.39 is 17.8 Å². The maximum absolute atomic E-state index is 13.8. The number of nitrogens with one attached hydrogen (secondary N) is 1. The van der Waals surface area contributed by atoms with Crippen LogP contribution < -0.4 is 15.0 Å². The zero-order valence-corrected chi connectivity index (χ0v) is 22.9. The highest BCUT2D eigenvalue weighted by Crippen LogP contribution is 2.33. The van der Waals surface area contributed by atoms with Crippen molar-refractivity contribution in [2.45, 2.75) is 25.3 Å².